The number of ether oxygens (including phenoxy) is 6. The van der Waals surface area contributed by atoms with Gasteiger partial charge in [0.05, 0.1) is 57.2 Å². The van der Waals surface area contributed by atoms with Gasteiger partial charge >= 0.3 is 11.9 Å². The molecule has 184 valence electrons. The first-order valence-corrected chi connectivity index (χ1v) is 11.6. The highest BCUT2D eigenvalue weighted by atomic mass is 32.2. The zero-order chi connectivity index (χ0) is 25.1. The highest BCUT2D eigenvalue weighted by Gasteiger charge is 2.16. The van der Waals surface area contributed by atoms with Crippen LogP contribution in [0.4, 0.5) is 0 Å². The SMILES string of the molecule is CCOC(=O)CC(=O)Oc1cc(CS(=O)/C=C/c2c(OC)cc(OC)cc2OC)ccc1OC. The summed E-state index contributed by atoms with van der Waals surface area (Å²) in [5, 5.41) is 1.52. The Morgan fingerprint density at radius 2 is 1.50 bits per heavy atom. The zero-order valence-electron chi connectivity index (χ0n) is 19.7. The van der Waals surface area contributed by atoms with Gasteiger partial charge in [-0.1, -0.05) is 6.07 Å². The quantitative estimate of drug-likeness (QED) is 0.250. The second kappa shape index (κ2) is 13.2. The molecule has 0 amide bonds. The molecule has 2 aromatic rings. The maximum absolute atomic E-state index is 12.7. The van der Waals surface area contributed by atoms with Crippen molar-refractivity contribution in [3.63, 3.8) is 0 Å². The van der Waals surface area contributed by atoms with E-state index in [0.29, 0.717) is 34.1 Å². The van der Waals surface area contributed by atoms with E-state index >= 15 is 0 Å². The summed E-state index contributed by atoms with van der Waals surface area (Å²) < 4.78 is 44.0. The summed E-state index contributed by atoms with van der Waals surface area (Å²) >= 11 is 0. The summed E-state index contributed by atoms with van der Waals surface area (Å²) in [4.78, 5) is 23.5. The van der Waals surface area contributed by atoms with Crippen molar-refractivity contribution in [1.29, 1.82) is 0 Å². The number of rotatable bonds is 12. The largest absolute Gasteiger partial charge is 0.496 e. The van der Waals surface area contributed by atoms with Gasteiger partial charge in [0.2, 0.25) is 0 Å². The summed E-state index contributed by atoms with van der Waals surface area (Å²) in [5.41, 5.74) is 1.25. The van der Waals surface area contributed by atoms with Crippen LogP contribution in [0.15, 0.2) is 35.7 Å². The number of benzene rings is 2. The van der Waals surface area contributed by atoms with E-state index in [9.17, 15) is 13.8 Å². The summed E-state index contributed by atoms with van der Waals surface area (Å²) in [6, 6.07) is 8.25. The number of hydrogen-bond acceptors (Lipinski definition) is 9. The standard InChI is InChI=1S/C24H28O9S/c1-6-32-23(25)14-24(26)33-22-11-16(7-8-19(22)29-3)15-34(27)10-9-18-20(30-4)12-17(28-2)13-21(18)31-5/h7-13H,6,14-15H2,1-5H3/b10-9+. The minimum atomic E-state index is -1.42. The predicted octanol–water partition coefficient (Wildman–Crippen LogP) is 3.50. The minimum absolute atomic E-state index is 0.119. The van der Waals surface area contributed by atoms with Gasteiger partial charge in [-0.25, -0.2) is 0 Å². The molecule has 2 aromatic carbocycles. The molecule has 1 atom stereocenters. The molecule has 0 N–H and O–H groups in total. The van der Waals surface area contributed by atoms with Crippen LogP contribution in [0.1, 0.15) is 24.5 Å². The molecule has 9 nitrogen and oxygen atoms in total. The highest BCUT2D eigenvalue weighted by Crippen LogP contribution is 2.35. The smallest absolute Gasteiger partial charge is 0.322 e. The average molecular weight is 493 g/mol. The van der Waals surface area contributed by atoms with Crippen LogP contribution in [0.2, 0.25) is 0 Å². The van der Waals surface area contributed by atoms with Crippen molar-refractivity contribution in [2.45, 2.75) is 19.1 Å². The van der Waals surface area contributed by atoms with E-state index in [1.807, 2.05) is 0 Å². The molecule has 0 saturated carbocycles. The lowest BCUT2D eigenvalue weighted by atomic mass is 10.1. The van der Waals surface area contributed by atoms with Gasteiger partial charge in [0.15, 0.2) is 11.5 Å². The number of methoxy groups -OCH3 is 4. The molecule has 0 bridgehead atoms. The van der Waals surface area contributed by atoms with Crippen molar-refractivity contribution in [2.75, 3.05) is 35.0 Å². The van der Waals surface area contributed by atoms with Gasteiger partial charge in [-0.05, 0) is 30.7 Å². The first-order valence-electron chi connectivity index (χ1n) is 10.2. The molecule has 0 fully saturated rings. The first kappa shape index (κ1) is 26.7. The van der Waals surface area contributed by atoms with Crippen LogP contribution >= 0.6 is 0 Å². The Balaban J connectivity index is 2.17. The lowest BCUT2D eigenvalue weighted by Gasteiger charge is -2.12. The van der Waals surface area contributed by atoms with E-state index in [4.69, 9.17) is 28.4 Å². The molecule has 0 spiro atoms. The Kier molecular flexibility index (Phi) is 10.4. The van der Waals surface area contributed by atoms with Crippen LogP contribution < -0.4 is 23.7 Å². The van der Waals surface area contributed by atoms with Crippen LogP contribution in [0.5, 0.6) is 28.7 Å². The van der Waals surface area contributed by atoms with E-state index in [0.717, 1.165) is 0 Å². The van der Waals surface area contributed by atoms with Crippen LogP contribution in [0, 0.1) is 0 Å². The van der Waals surface area contributed by atoms with E-state index in [2.05, 4.69) is 0 Å². The van der Waals surface area contributed by atoms with Gasteiger partial charge < -0.3 is 28.4 Å². The van der Waals surface area contributed by atoms with E-state index in [1.165, 1.54) is 33.8 Å². The second-order valence-electron chi connectivity index (χ2n) is 6.71. The number of carbonyl (C=O) groups is 2. The van der Waals surface area contributed by atoms with Gasteiger partial charge in [-0.2, -0.15) is 0 Å². The third-order valence-electron chi connectivity index (χ3n) is 4.49. The number of carbonyl (C=O) groups excluding carboxylic acids is 2. The van der Waals surface area contributed by atoms with Crippen molar-refractivity contribution in [1.82, 2.24) is 0 Å². The Morgan fingerprint density at radius 3 is 2.06 bits per heavy atom. The summed E-state index contributed by atoms with van der Waals surface area (Å²) in [7, 11) is 4.58. The molecular formula is C24H28O9S. The molecule has 0 aliphatic carbocycles. The molecule has 0 aliphatic heterocycles. The zero-order valence-corrected chi connectivity index (χ0v) is 20.6. The van der Waals surface area contributed by atoms with Crippen LogP contribution in [0.3, 0.4) is 0 Å². The van der Waals surface area contributed by atoms with Crippen LogP contribution in [0.25, 0.3) is 6.08 Å². The second-order valence-corrected chi connectivity index (χ2v) is 8.04. The van der Waals surface area contributed by atoms with Crippen LogP contribution in [-0.4, -0.2) is 51.2 Å². The Hall–Kier alpha value is -3.53. The molecule has 0 heterocycles. The van der Waals surface area contributed by atoms with Crippen molar-refractivity contribution in [3.8, 4) is 28.7 Å². The van der Waals surface area contributed by atoms with Crippen LogP contribution in [-0.2, 0) is 30.9 Å². The molecule has 0 aliphatic rings. The van der Waals surface area contributed by atoms with Crippen molar-refractivity contribution in [3.05, 3.63) is 46.9 Å². The third-order valence-corrected chi connectivity index (χ3v) is 5.55. The molecule has 1 unspecified atom stereocenters. The molecule has 34 heavy (non-hydrogen) atoms. The molecule has 10 heteroatoms. The van der Waals surface area contributed by atoms with Gasteiger partial charge in [0.1, 0.15) is 23.7 Å². The summed E-state index contributed by atoms with van der Waals surface area (Å²) in [6.45, 7) is 1.81. The maximum atomic E-state index is 12.7. The van der Waals surface area contributed by atoms with E-state index in [-0.39, 0.29) is 18.1 Å². The van der Waals surface area contributed by atoms with Crippen molar-refractivity contribution in [2.24, 2.45) is 0 Å². The fourth-order valence-corrected chi connectivity index (χ4v) is 3.82. The Labute approximate surface area is 201 Å². The monoisotopic (exact) mass is 492 g/mol. The fraction of sp³-hybridized carbons (Fsp3) is 0.333. The topological polar surface area (TPSA) is 107 Å². The Morgan fingerprint density at radius 1 is 0.853 bits per heavy atom. The first-order chi connectivity index (χ1) is 16.3. The molecular weight excluding hydrogens is 464 g/mol. The third kappa shape index (κ3) is 7.51. The lowest BCUT2D eigenvalue weighted by molar-refractivity contribution is -0.149. The number of esters is 2. The molecule has 0 saturated heterocycles. The highest BCUT2D eigenvalue weighted by molar-refractivity contribution is 7.87. The van der Waals surface area contributed by atoms with E-state index in [1.54, 1.807) is 43.3 Å². The fourth-order valence-electron chi connectivity index (χ4n) is 2.93. The molecule has 0 radical (unpaired) electrons. The van der Waals surface area contributed by atoms with Gasteiger partial charge in [0.25, 0.3) is 0 Å². The van der Waals surface area contributed by atoms with Gasteiger partial charge in [0, 0.05) is 17.5 Å². The number of hydrogen-bond donors (Lipinski definition) is 0. The summed E-state index contributed by atoms with van der Waals surface area (Å²) in [5.74, 6) is 0.671. The van der Waals surface area contributed by atoms with E-state index < -0.39 is 29.2 Å². The molecule has 0 aromatic heterocycles. The molecule has 2 rings (SSSR count). The van der Waals surface area contributed by atoms with Gasteiger partial charge in [-0.3, -0.25) is 13.8 Å². The minimum Gasteiger partial charge on any atom is -0.496 e. The lowest BCUT2D eigenvalue weighted by Crippen LogP contribution is -2.16. The maximum Gasteiger partial charge on any atom is 0.322 e. The average Bonchev–Trinajstić information content (AvgIpc) is 2.82. The Bertz CT molecular complexity index is 1040. The predicted molar refractivity (Wildman–Crippen MR) is 127 cm³/mol. The van der Waals surface area contributed by atoms with Crippen molar-refractivity contribution >= 4 is 28.8 Å². The summed E-state index contributed by atoms with van der Waals surface area (Å²) in [6.07, 6.45) is 1.12. The van der Waals surface area contributed by atoms with Crippen molar-refractivity contribution < 1.29 is 42.2 Å². The normalized spacial score (nSPS) is 11.6. The van der Waals surface area contributed by atoms with Gasteiger partial charge in [-0.15, -0.1) is 0 Å².